The smallest absolute Gasteiger partial charge is 0.372 e. The summed E-state index contributed by atoms with van der Waals surface area (Å²) in [5.74, 6) is -0.254. The molecule has 0 fully saturated rings. The molecule has 5 nitrogen and oxygen atoms in total. The lowest BCUT2D eigenvalue weighted by atomic mass is 10.1. The number of aromatic amines is 1. The number of hydrogen-bond acceptors (Lipinski definition) is 3. The predicted molar refractivity (Wildman–Crippen MR) is 55.3 cm³/mol. The van der Waals surface area contributed by atoms with Crippen LogP contribution in [0.3, 0.4) is 0 Å². The molecule has 3 rings (SSSR count). The fourth-order valence-corrected chi connectivity index (χ4v) is 2.25. The summed E-state index contributed by atoms with van der Waals surface area (Å²) in [7, 11) is 0. The van der Waals surface area contributed by atoms with Crippen molar-refractivity contribution >= 4 is 5.97 Å². The number of nitrogens with one attached hydrogen (secondary N) is 1. The number of hydrogen-bond donors (Lipinski definition) is 2. The monoisotopic (exact) mass is 218 g/mol. The van der Waals surface area contributed by atoms with Crippen molar-refractivity contribution in [2.75, 3.05) is 0 Å². The third kappa shape index (κ3) is 1.18. The topological polar surface area (TPSA) is 79.1 Å². The maximum atomic E-state index is 11.0. The molecule has 0 aliphatic heterocycles. The van der Waals surface area contributed by atoms with Crippen LogP contribution in [0.15, 0.2) is 16.8 Å². The van der Waals surface area contributed by atoms with E-state index in [0.29, 0.717) is 5.76 Å². The van der Waals surface area contributed by atoms with Crippen molar-refractivity contribution in [1.29, 1.82) is 0 Å². The summed E-state index contributed by atoms with van der Waals surface area (Å²) in [6.07, 6.45) is 6.02. The van der Waals surface area contributed by atoms with Crippen molar-refractivity contribution < 1.29 is 14.3 Å². The molecule has 2 heterocycles. The molecule has 1 aliphatic rings. The first kappa shape index (κ1) is 9.21. The summed E-state index contributed by atoms with van der Waals surface area (Å²) in [4.78, 5) is 11.0. The summed E-state index contributed by atoms with van der Waals surface area (Å²) < 4.78 is 5.43. The molecule has 1 aliphatic carbocycles. The molecule has 0 radical (unpaired) electrons. The molecule has 16 heavy (non-hydrogen) atoms. The molecule has 2 aromatic heterocycles. The minimum absolute atomic E-state index is 0.0868. The van der Waals surface area contributed by atoms with Gasteiger partial charge < -0.3 is 9.52 Å². The quantitative estimate of drug-likeness (QED) is 0.806. The summed E-state index contributed by atoms with van der Waals surface area (Å²) in [6, 6.07) is 0. The highest BCUT2D eigenvalue weighted by Gasteiger charge is 2.28. The van der Waals surface area contributed by atoms with Gasteiger partial charge in [0, 0.05) is 17.3 Å². The second-order valence-corrected chi connectivity index (χ2v) is 3.86. The molecule has 0 saturated carbocycles. The van der Waals surface area contributed by atoms with E-state index in [2.05, 4.69) is 10.2 Å². The zero-order chi connectivity index (χ0) is 11.1. The maximum Gasteiger partial charge on any atom is 0.372 e. The van der Waals surface area contributed by atoms with Gasteiger partial charge in [-0.3, -0.25) is 5.10 Å². The highest BCUT2D eigenvalue weighted by atomic mass is 16.4. The Kier molecular flexibility index (Phi) is 1.86. The Labute approximate surface area is 91.1 Å². The number of aromatic carboxylic acids is 1. The maximum absolute atomic E-state index is 11.0. The third-order valence-corrected chi connectivity index (χ3v) is 2.92. The summed E-state index contributed by atoms with van der Waals surface area (Å²) in [5.41, 5.74) is 2.69. The van der Waals surface area contributed by atoms with Crippen LogP contribution in [0.4, 0.5) is 0 Å². The summed E-state index contributed by atoms with van der Waals surface area (Å²) >= 11 is 0. The first-order valence-electron chi connectivity index (χ1n) is 5.14. The van der Waals surface area contributed by atoms with Gasteiger partial charge in [-0.15, -0.1) is 0 Å². The number of aromatic nitrogens is 2. The molecular weight excluding hydrogens is 208 g/mol. The van der Waals surface area contributed by atoms with Gasteiger partial charge in [-0.1, -0.05) is 0 Å². The van der Waals surface area contributed by atoms with Gasteiger partial charge in [-0.25, -0.2) is 4.79 Å². The Morgan fingerprint density at radius 2 is 2.25 bits per heavy atom. The normalized spacial score (nSPS) is 14.0. The van der Waals surface area contributed by atoms with E-state index in [1.807, 2.05) is 0 Å². The van der Waals surface area contributed by atoms with Gasteiger partial charge in [0.25, 0.3) is 0 Å². The van der Waals surface area contributed by atoms with E-state index in [4.69, 9.17) is 9.52 Å². The number of rotatable bonds is 2. The van der Waals surface area contributed by atoms with Gasteiger partial charge in [0.05, 0.1) is 11.8 Å². The standard InChI is InChI=1S/C11H10N2O3/c14-11(15)10-8-3-1-2-7(8)9(16-10)6-4-12-13-5-6/h4-5H,1-3H2,(H,12,13)(H,14,15). The minimum Gasteiger partial charge on any atom is -0.475 e. The molecule has 5 heteroatoms. The second kappa shape index (κ2) is 3.23. The van der Waals surface area contributed by atoms with E-state index in [9.17, 15) is 4.79 Å². The molecule has 0 spiro atoms. The Morgan fingerprint density at radius 3 is 2.94 bits per heavy atom. The lowest BCUT2D eigenvalue weighted by molar-refractivity contribution is 0.0662. The fourth-order valence-electron chi connectivity index (χ4n) is 2.25. The van der Waals surface area contributed by atoms with Crippen molar-refractivity contribution in [3.05, 3.63) is 29.3 Å². The van der Waals surface area contributed by atoms with E-state index in [0.717, 1.165) is 36.0 Å². The van der Waals surface area contributed by atoms with Crippen LogP contribution in [0.25, 0.3) is 11.3 Å². The van der Waals surface area contributed by atoms with Crippen LogP contribution in [0.2, 0.25) is 0 Å². The van der Waals surface area contributed by atoms with Gasteiger partial charge in [0.15, 0.2) is 0 Å². The molecule has 2 N–H and O–H groups in total. The Bertz CT molecular complexity index is 540. The number of carboxylic acid groups (broad SMARTS) is 1. The molecule has 0 atom stereocenters. The number of furan rings is 1. The molecule has 82 valence electrons. The van der Waals surface area contributed by atoms with Crippen LogP contribution in [0.5, 0.6) is 0 Å². The first-order valence-corrected chi connectivity index (χ1v) is 5.14. The number of fused-ring (bicyclic) bond motifs is 1. The predicted octanol–water partition coefficient (Wildman–Crippen LogP) is 1.86. The van der Waals surface area contributed by atoms with Gasteiger partial charge in [0.1, 0.15) is 5.76 Å². The Balaban J connectivity index is 2.20. The highest BCUT2D eigenvalue weighted by Crippen LogP contribution is 2.36. The van der Waals surface area contributed by atoms with E-state index in [1.54, 1.807) is 12.4 Å². The average molecular weight is 218 g/mol. The van der Waals surface area contributed by atoms with Gasteiger partial charge >= 0.3 is 5.97 Å². The SMILES string of the molecule is O=C(O)c1oc(-c2cn[nH]c2)c2c1CCC2. The van der Waals surface area contributed by atoms with Crippen molar-refractivity contribution in [3.8, 4) is 11.3 Å². The minimum atomic E-state index is -0.993. The molecule has 0 unspecified atom stereocenters. The Morgan fingerprint density at radius 1 is 1.44 bits per heavy atom. The molecular formula is C11H10N2O3. The Hall–Kier alpha value is -2.04. The second-order valence-electron chi connectivity index (χ2n) is 3.86. The molecule has 2 aromatic rings. The van der Waals surface area contributed by atoms with Crippen LogP contribution >= 0.6 is 0 Å². The fraction of sp³-hybridized carbons (Fsp3) is 0.273. The zero-order valence-corrected chi connectivity index (χ0v) is 8.49. The van der Waals surface area contributed by atoms with E-state index in [-0.39, 0.29) is 5.76 Å². The van der Waals surface area contributed by atoms with Crippen LogP contribution in [0.1, 0.15) is 28.1 Å². The van der Waals surface area contributed by atoms with Crippen LogP contribution in [0, 0.1) is 0 Å². The number of carbonyl (C=O) groups is 1. The first-order chi connectivity index (χ1) is 7.77. The van der Waals surface area contributed by atoms with Crippen molar-refractivity contribution in [2.45, 2.75) is 19.3 Å². The van der Waals surface area contributed by atoms with Crippen molar-refractivity contribution in [3.63, 3.8) is 0 Å². The van der Waals surface area contributed by atoms with Crippen LogP contribution in [-0.4, -0.2) is 21.3 Å². The lowest BCUT2D eigenvalue weighted by Crippen LogP contribution is -1.97. The van der Waals surface area contributed by atoms with E-state index >= 15 is 0 Å². The van der Waals surface area contributed by atoms with Crippen molar-refractivity contribution in [1.82, 2.24) is 10.2 Å². The number of nitrogens with zero attached hydrogens (tertiary/aromatic N) is 1. The molecule has 0 amide bonds. The summed E-state index contributed by atoms with van der Waals surface area (Å²) in [5, 5.41) is 15.6. The molecule has 0 bridgehead atoms. The van der Waals surface area contributed by atoms with Gasteiger partial charge in [0.2, 0.25) is 5.76 Å². The van der Waals surface area contributed by atoms with Gasteiger partial charge in [-0.05, 0) is 19.3 Å². The zero-order valence-electron chi connectivity index (χ0n) is 8.49. The van der Waals surface area contributed by atoms with Crippen LogP contribution in [-0.2, 0) is 12.8 Å². The van der Waals surface area contributed by atoms with Gasteiger partial charge in [-0.2, -0.15) is 5.10 Å². The lowest BCUT2D eigenvalue weighted by Gasteiger charge is -1.94. The van der Waals surface area contributed by atoms with Crippen molar-refractivity contribution in [2.24, 2.45) is 0 Å². The van der Waals surface area contributed by atoms with E-state index in [1.165, 1.54) is 0 Å². The van der Waals surface area contributed by atoms with E-state index < -0.39 is 5.97 Å². The average Bonchev–Trinajstić information content (AvgIpc) is 2.93. The molecule has 0 saturated heterocycles. The van der Waals surface area contributed by atoms with Crippen LogP contribution < -0.4 is 0 Å². The molecule has 0 aromatic carbocycles. The largest absolute Gasteiger partial charge is 0.475 e. The highest BCUT2D eigenvalue weighted by molar-refractivity contribution is 5.88. The number of H-pyrrole nitrogens is 1. The summed E-state index contributed by atoms with van der Waals surface area (Å²) in [6.45, 7) is 0. The number of carboxylic acids is 1. The third-order valence-electron chi connectivity index (χ3n) is 2.92.